The lowest BCUT2D eigenvalue weighted by molar-refractivity contribution is -0.145. The van der Waals surface area contributed by atoms with Crippen LogP contribution in [0.2, 0.25) is 0 Å². The third kappa shape index (κ3) is 0.849. The van der Waals surface area contributed by atoms with E-state index in [4.69, 9.17) is 0 Å². The van der Waals surface area contributed by atoms with Gasteiger partial charge in [-0.25, -0.2) is 0 Å². The Balaban J connectivity index is 2.30. The van der Waals surface area contributed by atoms with E-state index in [9.17, 15) is 9.59 Å². The minimum Gasteiger partial charge on any atom is -0.299 e. The largest absolute Gasteiger partial charge is 0.299 e. The smallest absolute Gasteiger partial charge is 0.146 e. The zero-order valence-electron chi connectivity index (χ0n) is 6.67. The molecule has 0 spiro atoms. The SMILES string of the molecule is C[C@H]1C(=O)[C@H]2CC[C@H]1CC2=O. The van der Waals surface area contributed by atoms with Crippen LogP contribution in [-0.2, 0) is 9.59 Å². The molecule has 3 saturated carbocycles. The number of rotatable bonds is 0. The van der Waals surface area contributed by atoms with Gasteiger partial charge >= 0.3 is 0 Å². The van der Waals surface area contributed by atoms with Gasteiger partial charge in [-0.3, -0.25) is 9.59 Å². The predicted molar refractivity (Wildman–Crippen MR) is 40.0 cm³/mol. The van der Waals surface area contributed by atoms with Gasteiger partial charge < -0.3 is 0 Å². The number of Topliss-reactive ketones (excluding diaryl/α,β-unsaturated/α-hetero) is 2. The van der Waals surface area contributed by atoms with Gasteiger partial charge in [0, 0.05) is 12.3 Å². The summed E-state index contributed by atoms with van der Waals surface area (Å²) in [6.07, 6.45) is 2.58. The Morgan fingerprint density at radius 2 is 2.00 bits per heavy atom. The quantitative estimate of drug-likeness (QED) is 0.488. The lowest BCUT2D eigenvalue weighted by Crippen LogP contribution is -2.44. The fraction of sp³-hybridized carbons (Fsp3) is 0.778. The van der Waals surface area contributed by atoms with Gasteiger partial charge in [-0.1, -0.05) is 6.92 Å². The summed E-state index contributed by atoms with van der Waals surface area (Å²) in [5.41, 5.74) is 0. The van der Waals surface area contributed by atoms with E-state index >= 15 is 0 Å². The normalized spacial score (nSPS) is 43.2. The maximum Gasteiger partial charge on any atom is 0.146 e. The van der Waals surface area contributed by atoms with Gasteiger partial charge in [0.05, 0.1) is 5.92 Å². The highest BCUT2D eigenvalue weighted by molar-refractivity contribution is 6.06. The lowest BCUT2D eigenvalue weighted by Gasteiger charge is -2.37. The van der Waals surface area contributed by atoms with Crippen LogP contribution in [0.4, 0.5) is 0 Å². The summed E-state index contributed by atoms with van der Waals surface area (Å²) >= 11 is 0. The molecule has 3 rings (SSSR count). The number of fused-ring (bicyclic) bond motifs is 3. The van der Waals surface area contributed by atoms with Crippen LogP contribution in [0.15, 0.2) is 0 Å². The van der Waals surface area contributed by atoms with Crippen molar-refractivity contribution < 1.29 is 9.59 Å². The molecule has 3 aliphatic rings. The second kappa shape index (κ2) is 2.16. The molecule has 0 N–H and O–H groups in total. The van der Waals surface area contributed by atoms with E-state index in [-0.39, 0.29) is 23.4 Å². The van der Waals surface area contributed by atoms with Crippen LogP contribution in [0, 0.1) is 17.8 Å². The van der Waals surface area contributed by atoms with E-state index in [1.807, 2.05) is 6.92 Å². The zero-order chi connectivity index (χ0) is 8.01. The van der Waals surface area contributed by atoms with Crippen molar-refractivity contribution in [2.24, 2.45) is 17.8 Å². The Labute approximate surface area is 66.0 Å². The van der Waals surface area contributed by atoms with Gasteiger partial charge in [0.1, 0.15) is 11.6 Å². The molecule has 0 aliphatic heterocycles. The van der Waals surface area contributed by atoms with Crippen LogP contribution in [0.3, 0.4) is 0 Å². The third-order valence-electron chi connectivity index (χ3n) is 3.18. The summed E-state index contributed by atoms with van der Waals surface area (Å²) < 4.78 is 0. The molecule has 2 nitrogen and oxygen atoms in total. The van der Waals surface area contributed by atoms with E-state index in [2.05, 4.69) is 0 Å². The molecule has 0 unspecified atom stereocenters. The first-order chi connectivity index (χ1) is 5.20. The molecule has 3 atom stereocenters. The van der Waals surface area contributed by atoms with Gasteiger partial charge in [-0.15, -0.1) is 0 Å². The summed E-state index contributed by atoms with van der Waals surface area (Å²) in [7, 11) is 0. The van der Waals surface area contributed by atoms with Crippen LogP contribution in [-0.4, -0.2) is 11.6 Å². The first-order valence-corrected chi connectivity index (χ1v) is 4.26. The fourth-order valence-corrected chi connectivity index (χ4v) is 2.32. The summed E-state index contributed by atoms with van der Waals surface area (Å²) in [5.74, 6) is 0.725. The van der Waals surface area contributed by atoms with Gasteiger partial charge in [-0.05, 0) is 18.8 Å². The Bertz CT molecular complexity index is 220. The molecule has 0 saturated heterocycles. The van der Waals surface area contributed by atoms with Crippen LogP contribution in [0.25, 0.3) is 0 Å². The van der Waals surface area contributed by atoms with E-state index < -0.39 is 0 Å². The number of carbonyl (C=O) groups excluding carboxylic acids is 2. The summed E-state index contributed by atoms with van der Waals surface area (Å²) in [4.78, 5) is 22.6. The van der Waals surface area contributed by atoms with E-state index in [0.717, 1.165) is 12.8 Å². The molecule has 60 valence electrons. The first kappa shape index (κ1) is 7.01. The number of hydrogen-bond acceptors (Lipinski definition) is 2. The van der Waals surface area contributed by atoms with Crippen LogP contribution >= 0.6 is 0 Å². The minimum absolute atomic E-state index is 0.159. The monoisotopic (exact) mass is 152 g/mol. The van der Waals surface area contributed by atoms with Crippen LogP contribution < -0.4 is 0 Å². The first-order valence-electron chi connectivity index (χ1n) is 4.26. The fourth-order valence-electron chi connectivity index (χ4n) is 2.32. The van der Waals surface area contributed by atoms with Crippen molar-refractivity contribution in [2.45, 2.75) is 26.2 Å². The topological polar surface area (TPSA) is 34.1 Å². The molecule has 0 aromatic heterocycles. The van der Waals surface area contributed by atoms with Crippen molar-refractivity contribution in [2.75, 3.05) is 0 Å². The standard InChI is InChI=1S/C9H12O2/c1-5-6-2-3-7(9(5)11)8(10)4-6/h5-7H,2-4H2,1H3/t5-,6+,7+/m1/s1. The van der Waals surface area contributed by atoms with E-state index in [0.29, 0.717) is 12.3 Å². The van der Waals surface area contributed by atoms with Crippen molar-refractivity contribution in [3.05, 3.63) is 0 Å². The number of carbonyl (C=O) groups is 2. The molecule has 11 heavy (non-hydrogen) atoms. The zero-order valence-corrected chi connectivity index (χ0v) is 6.67. The van der Waals surface area contributed by atoms with Crippen molar-refractivity contribution in [1.29, 1.82) is 0 Å². The highest BCUT2D eigenvalue weighted by atomic mass is 16.2. The molecular weight excluding hydrogens is 140 g/mol. The Kier molecular flexibility index (Phi) is 1.38. The molecular formula is C9H12O2. The molecule has 0 aromatic carbocycles. The van der Waals surface area contributed by atoms with E-state index in [1.54, 1.807) is 0 Å². The van der Waals surface area contributed by atoms with Gasteiger partial charge in [0.25, 0.3) is 0 Å². The third-order valence-corrected chi connectivity index (χ3v) is 3.18. The van der Waals surface area contributed by atoms with Crippen molar-refractivity contribution in [3.8, 4) is 0 Å². The minimum atomic E-state index is -0.213. The number of ketones is 2. The van der Waals surface area contributed by atoms with Crippen molar-refractivity contribution >= 4 is 11.6 Å². The molecule has 0 radical (unpaired) electrons. The average Bonchev–Trinajstić information content (AvgIpc) is 1.99. The average molecular weight is 152 g/mol. The Hall–Kier alpha value is -0.660. The second-order valence-electron chi connectivity index (χ2n) is 3.75. The molecule has 2 bridgehead atoms. The maximum absolute atomic E-state index is 11.4. The number of hydrogen-bond donors (Lipinski definition) is 0. The molecule has 0 aromatic rings. The van der Waals surface area contributed by atoms with Crippen molar-refractivity contribution in [1.82, 2.24) is 0 Å². The summed E-state index contributed by atoms with van der Waals surface area (Å²) in [5, 5.41) is 0. The molecule has 3 fully saturated rings. The highest BCUT2D eigenvalue weighted by Crippen LogP contribution is 2.40. The van der Waals surface area contributed by atoms with Gasteiger partial charge in [-0.2, -0.15) is 0 Å². The lowest BCUT2D eigenvalue weighted by atomic mass is 9.64. The Morgan fingerprint density at radius 3 is 2.45 bits per heavy atom. The molecule has 3 aliphatic carbocycles. The van der Waals surface area contributed by atoms with Crippen LogP contribution in [0.5, 0.6) is 0 Å². The van der Waals surface area contributed by atoms with Crippen LogP contribution in [0.1, 0.15) is 26.2 Å². The molecule has 0 heterocycles. The Morgan fingerprint density at radius 1 is 1.27 bits per heavy atom. The predicted octanol–water partition coefficient (Wildman–Crippen LogP) is 1.19. The van der Waals surface area contributed by atoms with Crippen molar-refractivity contribution in [3.63, 3.8) is 0 Å². The molecule has 2 heteroatoms. The molecule has 0 amide bonds. The van der Waals surface area contributed by atoms with Gasteiger partial charge in [0.2, 0.25) is 0 Å². The maximum atomic E-state index is 11.4. The summed E-state index contributed by atoms with van der Waals surface area (Å²) in [6, 6.07) is 0. The second-order valence-corrected chi connectivity index (χ2v) is 3.75. The highest BCUT2D eigenvalue weighted by Gasteiger charge is 2.44. The summed E-state index contributed by atoms with van der Waals surface area (Å²) in [6.45, 7) is 1.96. The van der Waals surface area contributed by atoms with Gasteiger partial charge in [0.15, 0.2) is 0 Å². The van der Waals surface area contributed by atoms with E-state index in [1.165, 1.54) is 0 Å².